The lowest BCUT2D eigenvalue weighted by molar-refractivity contribution is -0.114. The maximum atomic E-state index is 13.3. The third-order valence-electron chi connectivity index (χ3n) is 6.58. The van der Waals surface area contributed by atoms with Crippen molar-refractivity contribution in [2.45, 2.75) is 83.1 Å². The van der Waals surface area contributed by atoms with E-state index in [4.69, 9.17) is 4.42 Å². The number of hydrogen-bond acceptors (Lipinski definition) is 3. The third-order valence-corrected chi connectivity index (χ3v) is 6.58. The van der Waals surface area contributed by atoms with Crippen LogP contribution < -0.4 is 10.8 Å². The monoisotopic (exact) mass is 474 g/mol. The molecule has 1 aromatic heterocycles. The topological polar surface area (TPSA) is 47.3 Å². The minimum absolute atomic E-state index is 0.108. The van der Waals surface area contributed by atoms with Gasteiger partial charge >= 0.3 is 0 Å². The molecule has 3 nitrogen and oxygen atoms in total. The molecule has 0 saturated carbocycles. The van der Waals surface area contributed by atoms with E-state index in [0.29, 0.717) is 0 Å². The Morgan fingerprint density at radius 2 is 0.686 bits per heavy atom. The molecule has 1 aromatic rings. The highest BCUT2D eigenvalue weighted by Gasteiger charge is 2.35. The van der Waals surface area contributed by atoms with Gasteiger partial charge in [0.15, 0.2) is 11.6 Å². The Kier molecular flexibility index (Phi) is 6.51. The van der Waals surface area contributed by atoms with Crippen molar-refractivity contribution in [2.24, 2.45) is 21.7 Å². The van der Waals surface area contributed by atoms with E-state index in [9.17, 15) is 9.59 Å². The van der Waals surface area contributed by atoms with Crippen LogP contribution in [0, 0.1) is 21.7 Å². The van der Waals surface area contributed by atoms with Crippen molar-refractivity contribution >= 4 is 22.7 Å². The van der Waals surface area contributed by atoms with E-state index in [0.717, 1.165) is 44.3 Å². The fourth-order valence-electron chi connectivity index (χ4n) is 4.42. The summed E-state index contributed by atoms with van der Waals surface area (Å²) < 4.78 is 6.40. The van der Waals surface area contributed by atoms with Crippen molar-refractivity contribution in [1.29, 1.82) is 0 Å². The van der Waals surface area contributed by atoms with Gasteiger partial charge in [-0.15, -0.1) is 0 Å². The first-order chi connectivity index (χ1) is 15.7. The van der Waals surface area contributed by atoms with Gasteiger partial charge in [0.2, 0.25) is 0 Å². The molecule has 0 radical (unpaired) electrons. The summed E-state index contributed by atoms with van der Waals surface area (Å²) in [7, 11) is 0. The molecule has 2 aliphatic rings. The standard InChI is InChI=1S/C32H42O3/c1-29(2,3)21-15-19(16-22(27(21)33)30(4,5)6)25-13-14-26(35-25)20-17-23(31(7,8)9)28(34)24(18-20)32(10,11)12/h13-18H,1-12H3. The summed E-state index contributed by atoms with van der Waals surface area (Å²) >= 11 is 0. The third kappa shape index (κ3) is 5.44. The highest BCUT2D eigenvalue weighted by Crippen LogP contribution is 2.40. The molecule has 0 atom stereocenters. The molecule has 0 spiro atoms. The van der Waals surface area contributed by atoms with E-state index in [1.54, 1.807) is 0 Å². The SMILES string of the molecule is CC(C)(C)C1=CC(=c2ccc(=C3C=C(C(C)(C)C)C(=O)C(C(C)(C)C)=C3)o2)C=C(C(C)(C)C)C1=O. The van der Waals surface area contributed by atoms with Gasteiger partial charge in [-0.05, 0) is 58.1 Å². The first-order valence-corrected chi connectivity index (χ1v) is 12.5. The van der Waals surface area contributed by atoms with Crippen LogP contribution in [-0.4, -0.2) is 11.6 Å². The second-order valence-corrected chi connectivity index (χ2v) is 14.0. The summed E-state index contributed by atoms with van der Waals surface area (Å²) in [6.45, 7) is 24.8. The Balaban J connectivity index is 2.35. The maximum absolute atomic E-state index is 13.3. The normalized spacial score (nSPS) is 18.4. The minimum Gasteiger partial charge on any atom is -0.456 e. The molecule has 3 heteroatoms. The van der Waals surface area contributed by atoms with Gasteiger partial charge in [-0.25, -0.2) is 0 Å². The van der Waals surface area contributed by atoms with Crippen LogP contribution in [0.25, 0.3) is 11.1 Å². The van der Waals surface area contributed by atoms with Gasteiger partial charge in [-0.3, -0.25) is 9.59 Å². The molecule has 0 N–H and O–H groups in total. The number of Topliss-reactive ketones (excluding diaryl/α,β-unsaturated/α-hetero) is 2. The number of hydrogen-bond donors (Lipinski definition) is 0. The zero-order valence-corrected chi connectivity index (χ0v) is 23.7. The van der Waals surface area contributed by atoms with Gasteiger partial charge < -0.3 is 4.42 Å². The van der Waals surface area contributed by atoms with E-state index in [1.165, 1.54) is 0 Å². The number of rotatable bonds is 0. The summed E-state index contributed by atoms with van der Waals surface area (Å²) in [6, 6.07) is 3.93. The maximum Gasteiger partial charge on any atom is 0.186 e. The largest absolute Gasteiger partial charge is 0.456 e. The summed E-state index contributed by atoms with van der Waals surface area (Å²) in [5.74, 6) is 0.215. The molecule has 0 unspecified atom stereocenters. The van der Waals surface area contributed by atoms with E-state index < -0.39 is 0 Å². The number of carbonyl (C=O) groups is 2. The molecule has 35 heavy (non-hydrogen) atoms. The Hall–Kier alpha value is -2.68. The molecule has 1 heterocycles. The smallest absolute Gasteiger partial charge is 0.186 e. The zero-order chi connectivity index (χ0) is 26.7. The van der Waals surface area contributed by atoms with Gasteiger partial charge in [0.1, 0.15) is 10.8 Å². The van der Waals surface area contributed by atoms with Crippen LogP contribution in [-0.2, 0) is 9.59 Å². The number of allylic oxidation sites excluding steroid dienone is 8. The molecule has 2 aliphatic carbocycles. The van der Waals surface area contributed by atoms with Crippen LogP contribution >= 0.6 is 0 Å². The first-order valence-electron chi connectivity index (χ1n) is 12.5. The summed E-state index contributed by atoms with van der Waals surface area (Å²) in [5.41, 5.74) is 5.27. The molecule has 188 valence electrons. The van der Waals surface area contributed by atoms with Gasteiger partial charge in [-0.1, -0.05) is 83.1 Å². The Morgan fingerprint density at radius 1 is 0.457 bits per heavy atom. The summed E-state index contributed by atoms with van der Waals surface area (Å²) in [4.78, 5) is 26.6. The van der Waals surface area contributed by atoms with Crippen molar-refractivity contribution < 1.29 is 14.0 Å². The van der Waals surface area contributed by atoms with Gasteiger partial charge in [0, 0.05) is 33.4 Å². The summed E-state index contributed by atoms with van der Waals surface area (Å²) in [5, 5.41) is 0. The summed E-state index contributed by atoms with van der Waals surface area (Å²) in [6.07, 6.45) is 7.90. The average molecular weight is 475 g/mol. The zero-order valence-electron chi connectivity index (χ0n) is 23.7. The van der Waals surface area contributed by atoms with Gasteiger partial charge in [-0.2, -0.15) is 0 Å². The fourth-order valence-corrected chi connectivity index (χ4v) is 4.42. The van der Waals surface area contributed by atoms with Crippen molar-refractivity contribution in [3.05, 3.63) is 69.6 Å². The van der Waals surface area contributed by atoms with E-state index in [-0.39, 0.29) is 33.2 Å². The van der Waals surface area contributed by atoms with Crippen LogP contribution in [0.5, 0.6) is 0 Å². The highest BCUT2D eigenvalue weighted by molar-refractivity contribution is 6.15. The molecule has 0 bridgehead atoms. The van der Waals surface area contributed by atoms with Crippen LogP contribution in [0.2, 0.25) is 0 Å². The average Bonchev–Trinajstić information content (AvgIpc) is 3.14. The lowest BCUT2D eigenvalue weighted by atomic mass is 9.72. The number of furan rings is 1. The second kappa shape index (κ2) is 8.47. The van der Waals surface area contributed by atoms with Crippen molar-refractivity contribution in [1.82, 2.24) is 0 Å². The van der Waals surface area contributed by atoms with Crippen molar-refractivity contribution in [2.75, 3.05) is 0 Å². The van der Waals surface area contributed by atoms with Crippen LogP contribution in [0.15, 0.2) is 63.1 Å². The van der Waals surface area contributed by atoms with Gasteiger partial charge in [0.25, 0.3) is 0 Å². The van der Waals surface area contributed by atoms with E-state index >= 15 is 0 Å². The molecular weight excluding hydrogens is 432 g/mol. The fraction of sp³-hybridized carbons (Fsp3) is 0.500. The van der Waals surface area contributed by atoms with E-state index in [2.05, 4.69) is 83.1 Å². The predicted molar refractivity (Wildman–Crippen MR) is 145 cm³/mol. The molecule has 0 saturated heterocycles. The number of carbonyl (C=O) groups excluding carboxylic acids is 2. The Bertz CT molecular complexity index is 1140. The van der Waals surface area contributed by atoms with Crippen molar-refractivity contribution in [3.8, 4) is 0 Å². The quantitative estimate of drug-likeness (QED) is 0.424. The highest BCUT2D eigenvalue weighted by atomic mass is 16.3. The molecule has 0 aromatic carbocycles. The van der Waals surface area contributed by atoms with Gasteiger partial charge in [0.05, 0.1) is 0 Å². The number of ketones is 2. The molecule has 3 rings (SSSR count). The molecule has 0 fully saturated rings. The Labute approximate surface area is 211 Å². The van der Waals surface area contributed by atoms with Crippen molar-refractivity contribution in [3.63, 3.8) is 0 Å². The predicted octanol–water partition coefficient (Wildman–Crippen LogP) is 6.64. The van der Waals surface area contributed by atoms with Crippen LogP contribution in [0.4, 0.5) is 0 Å². The lowest BCUT2D eigenvalue weighted by Crippen LogP contribution is -2.29. The lowest BCUT2D eigenvalue weighted by Gasteiger charge is -2.31. The van der Waals surface area contributed by atoms with E-state index in [1.807, 2.05) is 36.4 Å². The molecule has 0 amide bonds. The van der Waals surface area contributed by atoms with Crippen LogP contribution in [0.1, 0.15) is 83.1 Å². The Morgan fingerprint density at radius 3 is 0.886 bits per heavy atom. The second-order valence-electron chi connectivity index (χ2n) is 14.0. The van der Waals surface area contributed by atoms with Crippen LogP contribution in [0.3, 0.4) is 0 Å². The molecule has 0 aliphatic heterocycles. The first kappa shape index (κ1) is 26.9. The minimum atomic E-state index is -0.282. The molecular formula is C32H42O3.